The highest BCUT2D eigenvalue weighted by molar-refractivity contribution is 6.38. The molecule has 0 saturated heterocycles. The second kappa shape index (κ2) is 10.5. The molecule has 0 radical (unpaired) electrons. The summed E-state index contributed by atoms with van der Waals surface area (Å²) in [6, 6.07) is 8.85. The van der Waals surface area contributed by atoms with Crippen molar-refractivity contribution in [2.45, 2.75) is 58.3 Å². The summed E-state index contributed by atoms with van der Waals surface area (Å²) in [5.74, 6) is -2.65. The van der Waals surface area contributed by atoms with E-state index in [4.69, 9.17) is 5.73 Å². The zero-order chi connectivity index (χ0) is 18.8. The summed E-state index contributed by atoms with van der Waals surface area (Å²) < 4.78 is 0. The van der Waals surface area contributed by atoms with Crippen LogP contribution in [0, 0.1) is 5.92 Å². The lowest BCUT2D eigenvalue weighted by atomic mass is 9.89. The summed E-state index contributed by atoms with van der Waals surface area (Å²) in [6.07, 6.45) is 1.97. The van der Waals surface area contributed by atoms with E-state index >= 15 is 0 Å². The summed E-state index contributed by atoms with van der Waals surface area (Å²) in [5.41, 5.74) is 6.08. The normalized spacial score (nSPS) is 13.0. The zero-order valence-electron chi connectivity index (χ0n) is 15.0. The number of primary amides is 1. The van der Waals surface area contributed by atoms with Gasteiger partial charge in [0.15, 0.2) is 5.78 Å². The van der Waals surface area contributed by atoms with Crippen LogP contribution in [0.25, 0.3) is 0 Å². The van der Waals surface area contributed by atoms with Crippen LogP contribution in [0.2, 0.25) is 0 Å². The predicted molar refractivity (Wildman–Crippen MR) is 95.9 cm³/mol. The second-order valence-electron chi connectivity index (χ2n) is 6.29. The smallest absolute Gasteiger partial charge is 0.225 e. The Hall–Kier alpha value is -2.30. The topological polar surface area (TPSA) is 94.3 Å². The van der Waals surface area contributed by atoms with Crippen molar-refractivity contribution in [3.63, 3.8) is 0 Å². The van der Waals surface area contributed by atoms with E-state index in [-0.39, 0.29) is 36.7 Å². The molecular weight excluding hydrogens is 318 g/mol. The largest absolute Gasteiger partial charge is 0.369 e. The van der Waals surface area contributed by atoms with Gasteiger partial charge < -0.3 is 5.73 Å². The molecule has 5 heteroatoms. The van der Waals surface area contributed by atoms with Crippen molar-refractivity contribution in [2.75, 3.05) is 0 Å². The minimum absolute atomic E-state index is 0.0380. The standard InChI is InChI=1S/C20H27NO4/c1-3-8-14(4-2)19(24)18(23)12-11-16(22)13-17(20(21)25)15-9-6-5-7-10-15/h5-7,9-10,14,17H,3-4,8,11-13H2,1-2H3,(H2,21,25)/t14?,17-/m0/s1. The van der Waals surface area contributed by atoms with Crippen molar-refractivity contribution in [2.24, 2.45) is 11.7 Å². The summed E-state index contributed by atoms with van der Waals surface area (Å²) in [7, 11) is 0. The molecule has 1 aromatic rings. The quantitative estimate of drug-likeness (QED) is 0.589. The Morgan fingerprint density at radius 3 is 2.16 bits per heavy atom. The lowest BCUT2D eigenvalue weighted by Crippen LogP contribution is -2.26. The zero-order valence-corrected chi connectivity index (χ0v) is 15.0. The Bertz CT molecular complexity index is 609. The minimum atomic E-state index is -0.706. The average molecular weight is 345 g/mol. The molecule has 1 rings (SSSR count). The molecule has 2 atom stereocenters. The van der Waals surface area contributed by atoms with Crippen LogP contribution in [0.15, 0.2) is 30.3 Å². The molecule has 0 aromatic heterocycles. The Balaban J connectivity index is 2.59. The van der Waals surface area contributed by atoms with Crippen molar-refractivity contribution >= 4 is 23.3 Å². The fraction of sp³-hybridized carbons (Fsp3) is 0.500. The highest BCUT2D eigenvalue weighted by Crippen LogP contribution is 2.21. The highest BCUT2D eigenvalue weighted by atomic mass is 16.2. The molecule has 5 nitrogen and oxygen atoms in total. The molecule has 1 amide bonds. The number of benzene rings is 1. The Morgan fingerprint density at radius 1 is 1.00 bits per heavy atom. The van der Waals surface area contributed by atoms with Gasteiger partial charge in [-0.3, -0.25) is 19.2 Å². The first-order valence-corrected chi connectivity index (χ1v) is 8.83. The van der Waals surface area contributed by atoms with Crippen LogP contribution in [0.5, 0.6) is 0 Å². The Kier molecular flexibility index (Phi) is 8.75. The SMILES string of the molecule is CCCC(CC)C(=O)C(=O)CCC(=O)C[C@H](C(N)=O)c1ccccc1. The van der Waals surface area contributed by atoms with Crippen molar-refractivity contribution < 1.29 is 19.2 Å². The van der Waals surface area contributed by atoms with Gasteiger partial charge in [-0.25, -0.2) is 0 Å². The van der Waals surface area contributed by atoms with Crippen molar-refractivity contribution in [3.8, 4) is 0 Å². The lowest BCUT2D eigenvalue weighted by molar-refractivity contribution is -0.139. The van der Waals surface area contributed by atoms with Crippen molar-refractivity contribution in [3.05, 3.63) is 35.9 Å². The predicted octanol–water partition coefficient (Wildman–Crippen LogP) is 2.96. The molecule has 2 N–H and O–H groups in total. The van der Waals surface area contributed by atoms with Crippen LogP contribution in [0.4, 0.5) is 0 Å². The number of amides is 1. The van der Waals surface area contributed by atoms with E-state index in [1.165, 1.54) is 0 Å². The Labute approximate surface area is 149 Å². The first-order chi connectivity index (χ1) is 11.9. The number of rotatable bonds is 12. The molecule has 0 aliphatic heterocycles. The molecule has 1 unspecified atom stereocenters. The lowest BCUT2D eigenvalue weighted by Gasteiger charge is -2.13. The summed E-state index contributed by atoms with van der Waals surface area (Å²) in [5, 5.41) is 0. The maximum absolute atomic E-state index is 12.2. The average Bonchev–Trinajstić information content (AvgIpc) is 2.62. The van der Waals surface area contributed by atoms with Crippen molar-refractivity contribution in [1.29, 1.82) is 0 Å². The van der Waals surface area contributed by atoms with Crippen LogP contribution in [0.3, 0.4) is 0 Å². The molecule has 0 aliphatic rings. The first-order valence-electron chi connectivity index (χ1n) is 8.83. The summed E-state index contributed by atoms with van der Waals surface area (Å²) >= 11 is 0. The second-order valence-corrected chi connectivity index (χ2v) is 6.29. The van der Waals surface area contributed by atoms with Gasteiger partial charge in [0.2, 0.25) is 11.7 Å². The van der Waals surface area contributed by atoms with Gasteiger partial charge in [0, 0.05) is 25.2 Å². The van der Waals surface area contributed by atoms with E-state index in [0.717, 1.165) is 6.42 Å². The third kappa shape index (κ3) is 6.61. The molecule has 25 heavy (non-hydrogen) atoms. The first kappa shape index (κ1) is 20.7. The van der Waals surface area contributed by atoms with E-state index < -0.39 is 17.6 Å². The molecule has 136 valence electrons. The third-order valence-corrected chi connectivity index (χ3v) is 4.38. The number of carbonyl (C=O) groups excluding carboxylic acids is 4. The number of ketones is 3. The van der Waals surface area contributed by atoms with E-state index in [1.807, 2.05) is 19.9 Å². The maximum Gasteiger partial charge on any atom is 0.225 e. The number of Topliss-reactive ketones (excluding diaryl/α,β-unsaturated/α-hetero) is 3. The van der Waals surface area contributed by atoms with Crippen LogP contribution in [-0.4, -0.2) is 23.3 Å². The van der Waals surface area contributed by atoms with E-state index in [9.17, 15) is 19.2 Å². The van der Waals surface area contributed by atoms with Gasteiger partial charge in [0.05, 0.1) is 5.92 Å². The van der Waals surface area contributed by atoms with Gasteiger partial charge in [-0.15, -0.1) is 0 Å². The third-order valence-electron chi connectivity index (χ3n) is 4.38. The van der Waals surface area contributed by atoms with E-state index in [1.54, 1.807) is 24.3 Å². The van der Waals surface area contributed by atoms with Crippen LogP contribution in [-0.2, 0) is 19.2 Å². The van der Waals surface area contributed by atoms with Crippen LogP contribution in [0.1, 0.15) is 63.9 Å². The molecule has 0 fully saturated rings. The number of hydrogen-bond donors (Lipinski definition) is 1. The van der Waals surface area contributed by atoms with Gasteiger partial charge in [-0.1, -0.05) is 50.6 Å². The fourth-order valence-corrected chi connectivity index (χ4v) is 2.87. The van der Waals surface area contributed by atoms with Crippen LogP contribution >= 0.6 is 0 Å². The van der Waals surface area contributed by atoms with Gasteiger partial charge in [-0.2, -0.15) is 0 Å². The number of carbonyl (C=O) groups is 4. The van der Waals surface area contributed by atoms with Gasteiger partial charge in [-0.05, 0) is 18.4 Å². The van der Waals surface area contributed by atoms with Gasteiger partial charge in [0.25, 0.3) is 0 Å². The molecular formula is C20H27NO4. The Morgan fingerprint density at radius 2 is 1.64 bits per heavy atom. The molecule has 0 aliphatic carbocycles. The number of hydrogen-bond acceptors (Lipinski definition) is 4. The van der Waals surface area contributed by atoms with Crippen LogP contribution < -0.4 is 5.73 Å². The molecule has 0 spiro atoms. The molecule has 0 bridgehead atoms. The summed E-state index contributed by atoms with van der Waals surface area (Å²) in [6.45, 7) is 3.85. The number of nitrogens with two attached hydrogens (primary N) is 1. The molecule has 1 aromatic carbocycles. The van der Waals surface area contributed by atoms with Gasteiger partial charge in [0.1, 0.15) is 5.78 Å². The van der Waals surface area contributed by atoms with E-state index in [2.05, 4.69) is 0 Å². The van der Waals surface area contributed by atoms with Gasteiger partial charge >= 0.3 is 0 Å². The highest BCUT2D eigenvalue weighted by Gasteiger charge is 2.25. The minimum Gasteiger partial charge on any atom is -0.369 e. The van der Waals surface area contributed by atoms with E-state index in [0.29, 0.717) is 18.4 Å². The monoisotopic (exact) mass is 345 g/mol. The summed E-state index contributed by atoms with van der Waals surface area (Å²) in [4.78, 5) is 47.9. The molecule has 0 saturated carbocycles. The maximum atomic E-state index is 12.2. The molecule has 0 heterocycles. The van der Waals surface area contributed by atoms with Crippen molar-refractivity contribution in [1.82, 2.24) is 0 Å². The fourth-order valence-electron chi connectivity index (χ4n) is 2.87.